The molecule has 0 heterocycles. The molecule has 0 saturated heterocycles. The maximum Gasteiger partial charge on any atom is 0.224 e. The van der Waals surface area contributed by atoms with Crippen molar-refractivity contribution >= 4 is 11.7 Å². The first kappa shape index (κ1) is 21.1. The lowest BCUT2D eigenvalue weighted by Gasteiger charge is -2.10. The van der Waals surface area contributed by atoms with E-state index in [1.807, 2.05) is 48.5 Å². The Morgan fingerprint density at radius 2 is 1.40 bits per heavy atom. The van der Waals surface area contributed by atoms with Crippen molar-refractivity contribution in [1.29, 1.82) is 0 Å². The van der Waals surface area contributed by atoms with E-state index >= 15 is 0 Å². The molecule has 0 aliphatic carbocycles. The second-order valence-electron chi connectivity index (χ2n) is 6.86. The second-order valence-corrected chi connectivity index (χ2v) is 6.86. The summed E-state index contributed by atoms with van der Waals surface area (Å²) in [6, 6.07) is 22.0. The Labute approximate surface area is 176 Å². The second kappa shape index (κ2) is 10.3. The van der Waals surface area contributed by atoms with Crippen LogP contribution in [0.5, 0.6) is 11.5 Å². The third-order valence-electron chi connectivity index (χ3n) is 4.80. The van der Waals surface area contributed by atoms with E-state index in [0.717, 1.165) is 11.1 Å². The summed E-state index contributed by atoms with van der Waals surface area (Å²) >= 11 is 0. The SMILES string of the molecule is COc1ccc(CCNC(=O)Cc2ccc(C(=O)c3ccccc3)cc2)cc1OC. The molecule has 0 spiro atoms. The summed E-state index contributed by atoms with van der Waals surface area (Å²) < 4.78 is 10.5. The van der Waals surface area contributed by atoms with E-state index in [1.54, 1.807) is 38.5 Å². The van der Waals surface area contributed by atoms with E-state index in [2.05, 4.69) is 5.32 Å². The number of methoxy groups -OCH3 is 2. The Bertz CT molecular complexity index is 997. The van der Waals surface area contributed by atoms with E-state index in [1.165, 1.54) is 0 Å². The van der Waals surface area contributed by atoms with Gasteiger partial charge in [0.15, 0.2) is 17.3 Å². The zero-order valence-corrected chi connectivity index (χ0v) is 17.2. The molecule has 0 saturated carbocycles. The van der Waals surface area contributed by atoms with Crippen molar-refractivity contribution in [2.45, 2.75) is 12.8 Å². The number of ether oxygens (including phenoxy) is 2. The molecule has 1 amide bonds. The molecule has 0 bridgehead atoms. The zero-order chi connectivity index (χ0) is 21.3. The molecular weight excluding hydrogens is 378 g/mol. The predicted molar refractivity (Wildman–Crippen MR) is 116 cm³/mol. The average Bonchev–Trinajstić information content (AvgIpc) is 2.79. The minimum absolute atomic E-state index is 0.0264. The first-order valence-electron chi connectivity index (χ1n) is 9.77. The highest BCUT2D eigenvalue weighted by Crippen LogP contribution is 2.27. The summed E-state index contributed by atoms with van der Waals surface area (Å²) in [5.74, 6) is 1.27. The number of carbonyl (C=O) groups is 2. The first-order valence-corrected chi connectivity index (χ1v) is 9.77. The van der Waals surface area contributed by atoms with Gasteiger partial charge in [-0.25, -0.2) is 0 Å². The summed E-state index contributed by atoms with van der Waals surface area (Å²) in [4.78, 5) is 24.7. The lowest BCUT2D eigenvalue weighted by molar-refractivity contribution is -0.120. The van der Waals surface area contributed by atoms with Crippen LogP contribution in [0.15, 0.2) is 72.8 Å². The van der Waals surface area contributed by atoms with Crippen LogP contribution >= 0.6 is 0 Å². The van der Waals surface area contributed by atoms with Gasteiger partial charge in [0.1, 0.15) is 0 Å². The van der Waals surface area contributed by atoms with Crippen LogP contribution in [-0.2, 0) is 17.6 Å². The van der Waals surface area contributed by atoms with Crippen molar-refractivity contribution < 1.29 is 19.1 Å². The van der Waals surface area contributed by atoms with E-state index in [0.29, 0.717) is 35.6 Å². The van der Waals surface area contributed by atoms with Crippen molar-refractivity contribution in [1.82, 2.24) is 5.32 Å². The lowest BCUT2D eigenvalue weighted by atomic mass is 10.0. The van der Waals surface area contributed by atoms with Gasteiger partial charge in [0, 0.05) is 17.7 Å². The number of nitrogens with one attached hydrogen (secondary N) is 1. The summed E-state index contributed by atoms with van der Waals surface area (Å²) in [6.45, 7) is 0.527. The van der Waals surface area contributed by atoms with Gasteiger partial charge in [-0.1, -0.05) is 60.7 Å². The highest BCUT2D eigenvalue weighted by Gasteiger charge is 2.10. The Kier molecular flexibility index (Phi) is 7.22. The maximum atomic E-state index is 12.4. The summed E-state index contributed by atoms with van der Waals surface area (Å²) in [7, 11) is 3.20. The number of ketones is 1. The number of hydrogen-bond acceptors (Lipinski definition) is 4. The van der Waals surface area contributed by atoms with Gasteiger partial charge in [-0.3, -0.25) is 9.59 Å². The number of hydrogen-bond donors (Lipinski definition) is 1. The van der Waals surface area contributed by atoms with Crippen LogP contribution in [0, 0.1) is 0 Å². The molecule has 3 rings (SSSR count). The van der Waals surface area contributed by atoms with Gasteiger partial charge in [-0.15, -0.1) is 0 Å². The van der Waals surface area contributed by atoms with Gasteiger partial charge >= 0.3 is 0 Å². The predicted octanol–water partition coefficient (Wildman–Crippen LogP) is 3.84. The summed E-state index contributed by atoms with van der Waals surface area (Å²) in [5, 5.41) is 2.93. The normalized spacial score (nSPS) is 10.3. The molecular formula is C25H25NO4. The van der Waals surface area contributed by atoms with Gasteiger partial charge in [0.05, 0.1) is 20.6 Å². The largest absolute Gasteiger partial charge is 0.493 e. The minimum Gasteiger partial charge on any atom is -0.493 e. The van der Waals surface area contributed by atoms with Gasteiger partial charge in [0.25, 0.3) is 0 Å². The molecule has 0 aromatic heterocycles. The molecule has 1 N–H and O–H groups in total. The number of benzene rings is 3. The van der Waals surface area contributed by atoms with Gasteiger partial charge < -0.3 is 14.8 Å². The standard InChI is InChI=1S/C25H25NO4/c1-29-22-13-10-19(16-23(22)30-2)14-15-26-24(27)17-18-8-11-21(12-9-18)25(28)20-6-4-3-5-7-20/h3-13,16H,14-15,17H2,1-2H3,(H,26,27). The van der Waals surface area contributed by atoms with E-state index in [-0.39, 0.29) is 18.1 Å². The van der Waals surface area contributed by atoms with Gasteiger partial charge in [-0.2, -0.15) is 0 Å². The fourth-order valence-corrected chi connectivity index (χ4v) is 3.16. The van der Waals surface area contributed by atoms with Crippen LogP contribution < -0.4 is 14.8 Å². The Morgan fingerprint density at radius 3 is 2.07 bits per heavy atom. The molecule has 0 unspecified atom stereocenters. The smallest absolute Gasteiger partial charge is 0.224 e. The molecule has 154 valence electrons. The van der Waals surface area contributed by atoms with Crippen molar-refractivity contribution in [3.05, 3.63) is 95.1 Å². The first-order chi connectivity index (χ1) is 14.6. The van der Waals surface area contributed by atoms with E-state index in [9.17, 15) is 9.59 Å². The number of carbonyl (C=O) groups excluding carboxylic acids is 2. The van der Waals surface area contributed by atoms with Crippen molar-refractivity contribution in [3.63, 3.8) is 0 Å². The molecule has 0 fully saturated rings. The van der Waals surface area contributed by atoms with Gasteiger partial charge in [0.2, 0.25) is 5.91 Å². The Morgan fingerprint density at radius 1 is 0.767 bits per heavy atom. The summed E-state index contributed by atoms with van der Waals surface area (Å²) in [6.07, 6.45) is 0.961. The third kappa shape index (κ3) is 5.47. The molecule has 0 radical (unpaired) electrons. The van der Waals surface area contributed by atoms with Gasteiger partial charge in [-0.05, 0) is 29.7 Å². The van der Waals surface area contributed by atoms with Crippen molar-refractivity contribution in [2.24, 2.45) is 0 Å². The zero-order valence-electron chi connectivity index (χ0n) is 17.2. The molecule has 5 heteroatoms. The molecule has 3 aromatic rings. The summed E-state index contributed by atoms with van der Waals surface area (Å²) in [5.41, 5.74) is 3.18. The van der Waals surface area contributed by atoms with Crippen LogP contribution in [0.1, 0.15) is 27.0 Å². The third-order valence-corrected chi connectivity index (χ3v) is 4.80. The van der Waals surface area contributed by atoms with E-state index < -0.39 is 0 Å². The van der Waals surface area contributed by atoms with Crippen molar-refractivity contribution in [3.8, 4) is 11.5 Å². The fourth-order valence-electron chi connectivity index (χ4n) is 3.16. The Balaban J connectivity index is 1.50. The van der Waals surface area contributed by atoms with Crippen molar-refractivity contribution in [2.75, 3.05) is 20.8 Å². The average molecular weight is 403 g/mol. The highest BCUT2D eigenvalue weighted by atomic mass is 16.5. The number of rotatable bonds is 9. The lowest BCUT2D eigenvalue weighted by Crippen LogP contribution is -2.27. The quantitative estimate of drug-likeness (QED) is 0.552. The molecule has 0 atom stereocenters. The van der Waals surface area contributed by atoms with E-state index in [4.69, 9.17) is 9.47 Å². The highest BCUT2D eigenvalue weighted by molar-refractivity contribution is 6.08. The molecule has 0 aliphatic rings. The van der Waals surface area contributed by atoms with Crippen LogP contribution in [0.25, 0.3) is 0 Å². The van der Waals surface area contributed by atoms with Crippen LogP contribution in [0.2, 0.25) is 0 Å². The monoisotopic (exact) mass is 403 g/mol. The Hall–Kier alpha value is -3.60. The van der Waals surface area contributed by atoms with Crippen LogP contribution in [-0.4, -0.2) is 32.5 Å². The maximum absolute atomic E-state index is 12.4. The topological polar surface area (TPSA) is 64.6 Å². The van der Waals surface area contributed by atoms with Crippen LogP contribution in [0.3, 0.4) is 0 Å². The molecule has 3 aromatic carbocycles. The minimum atomic E-state index is -0.0578. The molecule has 0 aliphatic heterocycles. The van der Waals surface area contributed by atoms with Crippen LogP contribution in [0.4, 0.5) is 0 Å². The fraction of sp³-hybridized carbons (Fsp3) is 0.200. The number of amides is 1. The molecule has 5 nitrogen and oxygen atoms in total. The molecule has 30 heavy (non-hydrogen) atoms.